The minimum absolute atomic E-state index is 0.254. The van der Waals surface area contributed by atoms with Crippen molar-refractivity contribution in [3.05, 3.63) is 29.8 Å². The monoisotopic (exact) mass is 361 g/mol. The van der Waals surface area contributed by atoms with Crippen LogP contribution in [0.25, 0.3) is 0 Å². The zero-order valence-electron chi connectivity index (χ0n) is 15.1. The van der Waals surface area contributed by atoms with Crippen molar-refractivity contribution >= 4 is 17.8 Å². The van der Waals surface area contributed by atoms with Crippen LogP contribution in [0, 0.1) is 11.8 Å². The molecule has 1 aliphatic carbocycles. The van der Waals surface area contributed by atoms with Crippen molar-refractivity contribution in [2.75, 3.05) is 6.61 Å². The summed E-state index contributed by atoms with van der Waals surface area (Å²) in [5.74, 6) is -2.77. The molecule has 1 fully saturated rings. The fraction of sp³-hybridized carbons (Fsp3) is 0.526. The molecular formula is C19H25N2O5-. The normalized spacial score (nSPS) is 19.7. The molecule has 0 radical (unpaired) electrons. The first-order valence-corrected chi connectivity index (χ1v) is 8.90. The van der Waals surface area contributed by atoms with E-state index < -0.39 is 29.6 Å². The maximum atomic E-state index is 12.1. The van der Waals surface area contributed by atoms with Crippen molar-refractivity contribution in [1.82, 2.24) is 10.9 Å². The molecule has 1 aliphatic rings. The molecule has 0 bridgehead atoms. The maximum Gasteiger partial charge on any atom is 0.276 e. The number of benzene rings is 1. The Hall–Kier alpha value is -2.57. The average Bonchev–Trinajstić information content (AvgIpc) is 2.64. The third-order valence-electron chi connectivity index (χ3n) is 4.65. The van der Waals surface area contributed by atoms with E-state index in [1.807, 2.05) is 12.1 Å². The Morgan fingerprint density at radius 2 is 1.69 bits per heavy atom. The van der Waals surface area contributed by atoms with Crippen molar-refractivity contribution in [3.8, 4) is 5.75 Å². The van der Waals surface area contributed by atoms with Gasteiger partial charge in [-0.3, -0.25) is 20.4 Å². The Labute approximate surface area is 153 Å². The number of ether oxygens (including phenoxy) is 1. The van der Waals surface area contributed by atoms with E-state index in [-0.39, 0.29) is 6.61 Å². The van der Waals surface area contributed by atoms with E-state index in [2.05, 4.69) is 24.7 Å². The van der Waals surface area contributed by atoms with E-state index in [4.69, 9.17) is 4.74 Å². The highest BCUT2D eigenvalue weighted by Crippen LogP contribution is 2.29. The van der Waals surface area contributed by atoms with Crippen LogP contribution < -0.4 is 20.7 Å². The number of rotatable bonds is 6. The van der Waals surface area contributed by atoms with E-state index >= 15 is 0 Å². The van der Waals surface area contributed by atoms with Gasteiger partial charge in [0, 0.05) is 17.8 Å². The van der Waals surface area contributed by atoms with Crippen LogP contribution in [0.15, 0.2) is 24.3 Å². The van der Waals surface area contributed by atoms with Crippen molar-refractivity contribution < 1.29 is 24.2 Å². The second-order valence-electron chi connectivity index (χ2n) is 6.87. The lowest BCUT2D eigenvalue weighted by atomic mass is 9.79. The number of carboxylic acids is 1. The molecule has 0 aliphatic heterocycles. The predicted octanol–water partition coefficient (Wildman–Crippen LogP) is 0.892. The lowest BCUT2D eigenvalue weighted by Gasteiger charge is -2.31. The van der Waals surface area contributed by atoms with Gasteiger partial charge in [0.15, 0.2) is 6.61 Å². The summed E-state index contributed by atoms with van der Waals surface area (Å²) in [4.78, 5) is 35.1. The Kier molecular flexibility index (Phi) is 7.00. The van der Waals surface area contributed by atoms with E-state index in [1.54, 1.807) is 12.1 Å². The molecule has 0 spiro atoms. The van der Waals surface area contributed by atoms with Gasteiger partial charge in [-0.2, -0.15) is 0 Å². The summed E-state index contributed by atoms with van der Waals surface area (Å²) in [7, 11) is 0. The van der Waals surface area contributed by atoms with Crippen molar-refractivity contribution in [2.24, 2.45) is 11.8 Å². The van der Waals surface area contributed by atoms with Crippen LogP contribution in [0.4, 0.5) is 0 Å². The second kappa shape index (κ2) is 9.22. The van der Waals surface area contributed by atoms with E-state index in [0.717, 1.165) is 12.8 Å². The topological polar surface area (TPSA) is 108 Å². The number of hydrogen-bond donors (Lipinski definition) is 2. The molecule has 26 heavy (non-hydrogen) atoms. The van der Waals surface area contributed by atoms with Gasteiger partial charge < -0.3 is 14.6 Å². The highest BCUT2D eigenvalue weighted by molar-refractivity contribution is 5.87. The third kappa shape index (κ3) is 5.47. The smallest absolute Gasteiger partial charge is 0.276 e. The molecule has 0 heterocycles. The van der Waals surface area contributed by atoms with Crippen LogP contribution in [0.1, 0.15) is 51.0 Å². The molecule has 0 unspecified atom stereocenters. The number of amides is 2. The van der Waals surface area contributed by atoms with Gasteiger partial charge in [0.05, 0.1) is 0 Å². The van der Waals surface area contributed by atoms with Crippen LogP contribution >= 0.6 is 0 Å². The summed E-state index contributed by atoms with van der Waals surface area (Å²) < 4.78 is 5.37. The fourth-order valence-electron chi connectivity index (χ4n) is 3.08. The summed E-state index contributed by atoms with van der Waals surface area (Å²) in [5, 5.41) is 11.1. The molecule has 1 aromatic rings. The number of aliphatic carboxylic acids is 1. The standard InChI is InChI=1S/C19H26N2O5/c1-12(2)13-7-9-14(10-8-13)26-11-17(22)20-21-18(23)15-5-3-4-6-16(15)19(24)25/h7-10,12,15-16H,3-6,11H2,1-2H3,(H,20,22)(H,21,23)(H,24,25)/p-1/t15-,16-/m1/s1. The third-order valence-corrected chi connectivity index (χ3v) is 4.65. The van der Waals surface area contributed by atoms with Gasteiger partial charge in [0.25, 0.3) is 5.91 Å². The Morgan fingerprint density at radius 3 is 2.27 bits per heavy atom. The van der Waals surface area contributed by atoms with Gasteiger partial charge >= 0.3 is 0 Å². The minimum atomic E-state index is -1.22. The molecule has 142 valence electrons. The largest absolute Gasteiger partial charge is 0.550 e. The Bertz CT molecular complexity index is 642. The lowest BCUT2D eigenvalue weighted by Crippen LogP contribution is -2.50. The fourth-order valence-corrected chi connectivity index (χ4v) is 3.08. The summed E-state index contributed by atoms with van der Waals surface area (Å²) in [6.45, 7) is 3.92. The quantitative estimate of drug-likeness (QED) is 0.732. The van der Waals surface area contributed by atoms with Crippen molar-refractivity contribution in [3.63, 3.8) is 0 Å². The average molecular weight is 361 g/mol. The van der Waals surface area contributed by atoms with Crippen molar-refractivity contribution in [2.45, 2.75) is 45.4 Å². The molecule has 2 rings (SSSR count). The van der Waals surface area contributed by atoms with Crippen LogP contribution in [-0.4, -0.2) is 24.4 Å². The Balaban J connectivity index is 1.77. The number of carboxylic acid groups (broad SMARTS) is 1. The molecule has 0 saturated heterocycles. The van der Waals surface area contributed by atoms with Gasteiger partial charge in [0.1, 0.15) is 5.75 Å². The SMILES string of the molecule is CC(C)c1ccc(OCC(=O)NNC(=O)[C@@H]2CCCC[C@H]2C(=O)[O-])cc1. The lowest BCUT2D eigenvalue weighted by molar-refractivity contribution is -0.314. The number of nitrogens with one attached hydrogen (secondary N) is 2. The maximum absolute atomic E-state index is 12.1. The van der Waals surface area contributed by atoms with Crippen LogP contribution in [-0.2, 0) is 14.4 Å². The molecule has 7 nitrogen and oxygen atoms in total. The first-order valence-electron chi connectivity index (χ1n) is 8.90. The van der Waals surface area contributed by atoms with E-state index in [9.17, 15) is 19.5 Å². The first kappa shape index (κ1) is 19.8. The summed E-state index contributed by atoms with van der Waals surface area (Å²) in [5.41, 5.74) is 5.72. The molecule has 2 N–H and O–H groups in total. The number of hydrazine groups is 1. The molecule has 0 aromatic heterocycles. The zero-order chi connectivity index (χ0) is 19.1. The molecule has 2 amide bonds. The highest BCUT2D eigenvalue weighted by atomic mass is 16.5. The van der Waals surface area contributed by atoms with Crippen LogP contribution in [0.3, 0.4) is 0 Å². The predicted molar refractivity (Wildman–Crippen MR) is 92.8 cm³/mol. The molecule has 1 aromatic carbocycles. The number of hydrogen-bond acceptors (Lipinski definition) is 5. The first-order chi connectivity index (χ1) is 12.4. The second-order valence-corrected chi connectivity index (χ2v) is 6.87. The van der Waals surface area contributed by atoms with Gasteiger partial charge in [-0.1, -0.05) is 38.8 Å². The van der Waals surface area contributed by atoms with Crippen molar-refractivity contribution in [1.29, 1.82) is 0 Å². The molecule has 7 heteroatoms. The van der Waals surface area contributed by atoms with Gasteiger partial charge in [-0.15, -0.1) is 0 Å². The summed E-state index contributed by atoms with van der Waals surface area (Å²) >= 11 is 0. The molecule has 2 atom stereocenters. The Morgan fingerprint density at radius 1 is 1.08 bits per heavy atom. The minimum Gasteiger partial charge on any atom is -0.550 e. The van der Waals surface area contributed by atoms with E-state index in [0.29, 0.717) is 24.5 Å². The molecular weight excluding hydrogens is 336 g/mol. The number of carbonyl (C=O) groups excluding carboxylic acids is 3. The van der Waals surface area contributed by atoms with E-state index in [1.165, 1.54) is 5.56 Å². The summed E-state index contributed by atoms with van der Waals surface area (Å²) in [6.07, 6.45) is 2.44. The van der Waals surface area contributed by atoms with Crippen LogP contribution in [0.2, 0.25) is 0 Å². The summed E-state index contributed by atoms with van der Waals surface area (Å²) in [6, 6.07) is 7.44. The molecule has 1 saturated carbocycles. The number of carbonyl (C=O) groups is 3. The van der Waals surface area contributed by atoms with Gasteiger partial charge in [-0.25, -0.2) is 0 Å². The van der Waals surface area contributed by atoms with Gasteiger partial charge in [0.2, 0.25) is 5.91 Å². The highest BCUT2D eigenvalue weighted by Gasteiger charge is 2.31. The zero-order valence-corrected chi connectivity index (χ0v) is 15.1. The van der Waals surface area contributed by atoms with Gasteiger partial charge in [-0.05, 0) is 36.5 Å². The van der Waals surface area contributed by atoms with Crippen LogP contribution in [0.5, 0.6) is 5.75 Å².